The first-order valence-electron chi connectivity index (χ1n) is 9.73. The average Bonchev–Trinajstić information content (AvgIpc) is 2.76. The number of anilines is 1. The Kier molecular flexibility index (Phi) is 6.78. The number of hydrogen-bond acceptors (Lipinski definition) is 5. The van der Waals surface area contributed by atoms with E-state index in [4.69, 9.17) is 10.00 Å². The van der Waals surface area contributed by atoms with Crippen molar-refractivity contribution in [2.75, 3.05) is 18.1 Å². The smallest absolute Gasteiger partial charge is 0.282 e. The van der Waals surface area contributed by atoms with E-state index in [9.17, 15) is 14.0 Å². The van der Waals surface area contributed by atoms with E-state index in [1.807, 2.05) is 13.0 Å². The molecule has 7 nitrogen and oxygen atoms in total. The summed E-state index contributed by atoms with van der Waals surface area (Å²) >= 11 is 0. The molecule has 0 spiro atoms. The maximum absolute atomic E-state index is 14.3. The number of aryl methyl sites for hydroxylation is 1. The van der Waals surface area contributed by atoms with Crippen LogP contribution in [0.3, 0.4) is 0 Å². The maximum Gasteiger partial charge on any atom is 0.282 e. The zero-order valence-electron chi connectivity index (χ0n) is 17.2. The minimum atomic E-state index is -0.672. The van der Waals surface area contributed by atoms with Gasteiger partial charge in [-0.15, -0.1) is 0 Å². The van der Waals surface area contributed by atoms with Crippen LogP contribution in [0.15, 0.2) is 59.4 Å². The molecule has 8 heteroatoms. The van der Waals surface area contributed by atoms with Gasteiger partial charge in [0.1, 0.15) is 17.3 Å². The Morgan fingerprint density at radius 2 is 1.94 bits per heavy atom. The summed E-state index contributed by atoms with van der Waals surface area (Å²) in [6, 6.07) is 15.9. The number of rotatable bonds is 7. The molecule has 31 heavy (non-hydrogen) atoms. The van der Waals surface area contributed by atoms with Crippen molar-refractivity contribution in [3.05, 3.63) is 82.0 Å². The highest BCUT2D eigenvalue weighted by Gasteiger charge is 2.23. The fraction of sp³-hybridized carbons (Fsp3) is 0.217. The van der Waals surface area contributed by atoms with E-state index in [0.29, 0.717) is 23.7 Å². The molecule has 0 fully saturated rings. The minimum absolute atomic E-state index is 0.0618. The van der Waals surface area contributed by atoms with Gasteiger partial charge in [-0.3, -0.25) is 9.59 Å². The molecule has 158 valence electrons. The minimum Gasteiger partial charge on any atom is -0.494 e. The highest BCUT2D eigenvalue weighted by atomic mass is 19.1. The van der Waals surface area contributed by atoms with Crippen LogP contribution in [0.1, 0.15) is 29.5 Å². The molecule has 3 rings (SSSR count). The lowest BCUT2D eigenvalue weighted by Gasteiger charge is -2.22. The van der Waals surface area contributed by atoms with Crippen LogP contribution in [-0.4, -0.2) is 28.8 Å². The van der Waals surface area contributed by atoms with Crippen LogP contribution in [0.2, 0.25) is 0 Å². The molecule has 0 aliphatic heterocycles. The van der Waals surface area contributed by atoms with Crippen LogP contribution < -0.4 is 15.1 Å². The first-order valence-corrected chi connectivity index (χ1v) is 9.73. The third-order valence-corrected chi connectivity index (χ3v) is 4.54. The Balaban J connectivity index is 2.05. The summed E-state index contributed by atoms with van der Waals surface area (Å²) in [7, 11) is 0. The average molecular weight is 420 g/mol. The number of hydrogen-bond donors (Lipinski definition) is 0. The number of nitriles is 1. The molecule has 1 amide bonds. The molecular weight excluding hydrogens is 399 g/mol. The molecule has 0 aliphatic rings. The van der Waals surface area contributed by atoms with Gasteiger partial charge in [-0.1, -0.05) is 12.1 Å². The predicted octanol–water partition coefficient (Wildman–Crippen LogP) is 3.64. The molecule has 0 saturated carbocycles. The van der Waals surface area contributed by atoms with Gasteiger partial charge in [0, 0.05) is 24.0 Å². The number of para-hydroxylation sites is 1. The number of aromatic nitrogens is 2. The van der Waals surface area contributed by atoms with Gasteiger partial charge in [-0.2, -0.15) is 10.4 Å². The lowest BCUT2D eigenvalue weighted by molar-refractivity contribution is 0.0979. The third-order valence-electron chi connectivity index (χ3n) is 4.54. The second kappa shape index (κ2) is 9.67. The lowest BCUT2D eigenvalue weighted by Crippen LogP contribution is -2.37. The summed E-state index contributed by atoms with van der Waals surface area (Å²) in [6.07, 6.45) is 0.0618. The van der Waals surface area contributed by atoms with Crippen molar-refractivity contribution < 1.29 is 13.9 Å². The van der Waals surface area contributed by atoms with Gasteiger partial charge in [0.05, 0.1) is 19.1 Å². The van der Waals surface area contributed by atoms with Gasteiger partial charge in [0.15, 0.2) is 5.69 Å². The molecule has 0 saturated heterocycles. The topological polar surface area (TPSA) is 88.2 Å². The highest BCUT2D eigenvalue weighted by molar-refractivity contribution is 6.04. The van der Waals surface area contributed by atoms with Crippen molar-refractivity contribution in [2.45, 2.75) is 20.3 Å². The number of benzene rings is 2. The number of carbonyl (C=O) groups is 1. The van der Waals surface area contributed by atoms with Gasteiger partial charge in [0.2, 0.25) is 5.43 Å². The zero-order valence-corrected chi connectivity index (χ0v) is 17.2. The maximum atomic E-state index is 14.3. The molecule has 0 aliphatic carbocycles. The van der Waals surface area contributed by atoms with E-state index < -0.39 is 17.2 Å². The predicted molar refractivity (Wildman–Crippen MR) is 114 cm³/mol. The molecule has 1 heterocycles. The summed E-state index contributed by atoms with van der Waals surface area (Å²) in [5.41, 5.74) is 0.0570. The van der Waals surface area contributed by atoms with Crippen LogP contribution in [0.4, 0.5) is 10.1 Å². The SMILES string of the molecule is CCOc1ccc(N(CCC#N)C(=O)c2nn(-c3ccccc3F)c(C)cc2=O)cc1. The molecule has 0 bridgehead atoms. The highest BCUT2D eigenvalue weighted by Crippen LogP contribution is 2.21. The molecule has 2 aromatic carbocycles. The van der Waals surface area contributed by atoms with E-state index in [1.165, 1.54) is 33.8 Å². The Hall–Kier alpha value is -3.99. The molecule has 3 aromatic rings. The molecule has 1 aromatic heterocycles. The van der Waals surface area contributed by atoms with E-state index in [2.05, 4.69) is 5.10 Å². The van der Waals surface area contributed by atoms with Crippen molar-refractivity contribution in [1.82, 2.24) is 9.78 Å². The van der Waals surface area contributed by atoms with Crippen molar-refractivity contribution >= 4 is 11.6 Å². The number of amides is 1. The van der Waals surface area contributed by atoms with E-state index in [0.717, 1.165) is 0 Å². The summed E-state index contributed by atoms with van der Waals surface area (Å²) in [6.45, 7) is 4.03. The second-order valence-electron chi connectivity index (χ2n) is 6.65. The summed E-state index contributed by atoms with van der Waals surface area (Å²) in [5.74, 6) is -0.572. The van der Waals surface area contributed by atoms with Crippen LogP contribution in [0.25, 0.3) is 5.69 Å². The van der Waals surface area contributed by atoms with Gasteiger partial charge >= 0.3 is 0 Å². The normalized spacial score (nSPS) is 10.4. The van der Waals surface area contributed by atoms with E-state index in [1.54, 1.807) is 37.3 Å². The Morgan fingerprint density at radius 1 is 1.23 bits per heavy atom. The molecule has 0 N–H and O–H groups in total. The monoisotopic (exact) mass is 420 g/mol. The number of halogens is 1. The summed E-state index contributed by atoms with van der Waals surface area (Å²) in [5, 5.41) is 13.2. The largest absolute Gasteiger partial charge is 0.494 e. The van der Waals surface area contributed by atoms with Crippen molar-refractivity contribution in [2.24, 2.45) is 0 Å². The first-order chi connectivity index (χ1) is 15.0. The van der Waals surface area contributed by atoms with Crippen LogP contribution >= 0.6 is 0 Å². The zero-order chi connectivity index (χ0) is 22.4. The Morgan fingerprint density at radius 3 is 2.58 bits per heavy atom. The molecule has 0 unspecified atom stereocenters. The second-order valence-corrected chi connectivity index (χ2v) is 6.65. The van der Waals surface area contributed by atoms with E-state index in [-0.39, 0.29) is 24.3 Å². The fourth-order valence-electron chi connectivity index (χ4n) is 3.09. The quantitative estimate of drug-likeness (QED) is 0.582. The van der Waals surface area contributed by atoms with Crippen LogP contribution in [-0.2, 0) is 0 Å². The van der Waals surface area contributed by atoms with Crippen LogP contribution in [0.5, 0.6) is 5.75 Å². The number of nitrogens with zero attached hydrogens (tertiary/aromatic N) is 4. The molecule has 0 atom stereocenters. The van der Waals surface area contributed by atoms with Gasteiger partial charge in [-0.25, -0.2) is 9.07 Å². The lowest BCUT2D eigenvalue weighted by atomic mass is 10.2. The Labute approximate surface area is 178 Å². The summed E-state index contributed by atoms with van der Waals surface area (Å²) < 4.78 is 20.9. The van der Waals surface area contributed by atoms with Gasteiger partial charge in [0.25, 0.3) is 5.91 Å². The van der Waals surface area contributed by atoms with Gasteiger partial charge in [-0.05, 0) is 50.2 Å². The van der Waals surface area contributed by atoms with Crippen LogP contribution in [0, 0.1) is 24.1 Å². The molecule has 0 radical (unpaired) electrons. The van der Waals surface area contributed by atoms with Gasteiger partial charge < -0.3 is 9.64 Å². The van der Waals surface area contributed by atoms with E-state index >= 15 is 0 Å². The Bertz CT molecular complexity index is 1180. The van der Waals surface area contributed by atoms with Crippen molar-refractivity contribution in [3.63, 3.8) is 0 Å². The standard InChI is InChI=1S/C23H21FN4O3/c1-3-31-18-11-9-17(10-12-18)27(14-6-13-25)23(30)22-21(29)15-16(2)28(26-22)20-8-5-4-7-19(20)24/h4-5,7-12,15H,3,6,14H2,1-2H3. The first kappa shape index (κ1) is 21.7. The number of carbonyl (C=O) groups excluding carboxylic acids is 1. The third kappa shape index (κ3) is 4.78. The molecular formula is C23H21FN4O3. The number of ether oxygens (including phenoxy) is 1. The van der Waals surface area contributed by atoms with Crippen molar-refractivity contribution in [3.8, 4) is 17.5 Å². The van der Waals surface area contributed by atoms with Crippen molar-refractivity contribution in [1.29, 1.82) is 5.26 Å². The fourth-order valence-corrected chi connectivity index (χ4v) is 3.09. The summed E-state index contributed by atoms with van der Waals surface area (Å²) in [4.78, 5) is 27.2.